The van der Waals surface area contributed by atoms with Gasteiger partial charge in [-0.15, -0.1) is 0 Å². The van der Waals surface area contributed by atoms with Crippen molar-refractivity contribution in [3.63, 3.8) is 0 Å². The van der Waals surface area contributed by atoms with Gasteiger partial charge in [0, 0.05) is 24.5 Å². The van der Waals surface area contributed by atoms with Crippen LogP contribution in [-0.2, 0) is 27.1 Å². The molecule has 0 spiro atoms. The normalized spacial score (nSPS) is 14.2. The fourth-order valence-electron chi connectivity index (χ4n) is 7.35. The summed E-state index contributed by atoms with van der Waals surface area (Å²) in [5, 5.41) is 0. The van der Waals surface area contributed by atoms with Crippen molar-refractivity contribution >= 4 is 49.0 Å². The standard InChI is InChI=1S/C27H39N2.C15H10.C9H22O3P.2ClH.Ru/c1-18(2)22-11-9-12-23(19(3)4)26(22)28-15-16-29(17-28)27-24(20(5)6)13-10-14-25(27)21(7)8;1-2-6-12(7-3-1)15-11-10-13-8-4-5-9-14(13)15;1-7(2)10-13(11-8(3)4)12-9(5)6;;;/h9-14,17-21H,15-16H2,1-8H3;1-9,11H;7-9,13H,1-6H3;2*1H;/q-1;;+1;;;+2/p-2. The first kappa shape index (κ1) is 50.3. The molecule has 0 atom stereocenters. The molecule has 0 bridgehead atoms. The molecule has 0 unspecified atom stereocenters. The van der Waals surface area contributed by atoms with E-state index in [9.17, 15) is 0 Å². The predicted octanol–water partition coefficient (Wildman–Crippen LogP) is 15.4. The number of hydrogen-bond acceptors (Lipinski definition) is 5. The molecule has 9 heteroatoms. The van der Waals surface area contributed by atoms with Gasteiger partial charge in [0.2, 0.25) is 0 Å². The Labute approximate surface area is 378 Å². The number of benzene rings is 4. The van der Waals surface area contributed by atoms with E-state index in [4.69, 9.17) is 33.0 Å². The number of fused-ring (bicyclic) bond motifs is 1. The third-order valence-electron chi connectivity index (χ3n) is 10.1. The monoisotopic (exact) mass is 962 g/mol. The summed E-state index contributed by atoms with van der Waals surface area (Å²) >= 11 is -1.88. The van der Waals surface area contributed by atoms with Gasteiger partial charge in [-0.25, -0.2) is 0 Å². The van der Waals surface area contributed by atoms with E-state index in [-0.39, 0.29) is 18.3 Å². The molecule has 0 saturated carbocycles. The van der Waals surface area contributed by atoms with E-state index in [1.165, 1.54) is 55.9 Å². The average molecular weight is 963 g/mol. The first-order valence-corrected chi connectivity index (χ1v) is 28.2. The first-order valence-electron chi connectivity index (χ1n) is 21.7. The van der Waals surface area contributed by atoms with E-state index in [0.29, 0.717) is 23.7 Å². The molecule has 4 aromatic rings. The van der Waals surface area contributed by atoms with Crippen molar-refractivity contribution in [1.82, 2.24) is 0 Å². The quantitative estimate of drug-likeness (QED) is 0.0758. The molecular weight excluding hydrogens is 892 g/mol. The van der Waals surface area contributed by atoms with Crippen molar-refractivity contribution in [2.45, 2.75) is 139 Å². The number of anilines is 2. The summed E-state index contributed by atoms with van der Waals surface area (Å²) in [5.41, 5.74) is 13.5. The molecule has 1 saturated heterocycles. The SMILES string of the molecule is CC(C)O[PH+](OC(C)C)OC(C)C.CC(C)c1cccc(C(C)C)c1N1[CH-]N(c2c(C(C)C)cccc2C(C)C)CC1.[Cl][Ru]([Cl])=[C]1C=C(c2ccccc2)c2ccccc21. The van der Waals surface area contributed by atoms with Gasteiger partial charge in [0.25, 0.3) is 0 Å². The van der Waals surface area contributed by atoms with E-state index in [2.05, 4.69) is 145 Å². The van der Waals surface area contributed by atoms with Gasteiger partial charge in [0.05, 0.1) is 0 Å². The second-order valence-electron chi connectivity index (χ2n) is 17.4. The molecular formula is C51H71Cl2N2O3PRu. The zero-order valence-corrected chi connectivity index (χ0v) is 42.7. The second-order valence-corrected chi connectivity index (χ2v) is 24.4. The molecule has 1 aliphatic heterocycles. The van der Waals surface area contributed by atoms with E-state index >= 15 is 0 Å². The topological polar surface area (TPSA) is 34.2 Å². The third kappa shape index (κ3) is 13.8. The average Bonchev–Trinajstić information content (AvgIpc) is 3.83. The zero-order valence-electron chi connectivity index (χ0n) is 38.5. The van der Waals surface area contributed by atoms with Gasteiger partial charge in [-0.3, -0.25) is 0 Å². The van der Waals surface area contributed by atoms with Crippen LogP contribution in [0.1, 0.15) is 160 Å². The van der Waals surface area contributed by atoms with Crippen molar-refractivity contribution in [1.29, 1.82) is 0 Å². The fourth-order valence-corrected chi connectivity index (χ4v) is 11.2. The van der Waals surface area contributed by atoms with Crippen molar-refractivity contribution in [2.75, 3.05) is 22.9 Å². The van der Waals surface area contributed by atoms with Crippen LogP contribution in [0.15, 0.2) is 97.1 Å². The predicted molar refractivity (Wildman–Crippen MR) is 261 cm³/mol. The summed E-state index contributed by atoms with van der Waals surface area (Å²) in [6.45, 7) is 34.8. The first-order chi connectivity index (χ1) is 28.4. The molecule has 2 aliphatic rings. The molecule has 6 rings (SSSR count). The number of nitrogens with zero attached hydrogens (tertiary/aromatic N) is 2. The molecule has 0 aromatic heterocycles. The molecule has 60 heavy (non-hydrogen) atoms. The molecule has 0 N–H and O–H groups in total. The van der Waals surface area contributed by atoms with Crippen molar-refractivity contribution in [3.05, 3.63) is 143 Å². The Kier molecular flexibility index (Phi) is 20.0. The Morgan fingerprint density at radius 1 is 0.500 bits per heavy atom. The van der Waals surface area contributed by atoms with Crippen LogP contribution >= 0.6 is 28.0 Å². The van der Waals surface area contributed by atoms with Gasteiger partial charge in [-0.05, 0) is 87.5 Å². The van der Waals surface area contributed by atoms with Crippen LogP contribution < -0.4 is 9.80 Å². The maximum absolute atomic E-state index is 6.19. The number of para-hydroxylation sites is 2. The number of rotatable bonds is 13. The minimum absolute atomic E-state index is 0.159. The molecule has 1 heterocycles. The number of allylic oxidation sites excluding steroid dienone is 1. The molecule has 1 aliphatic carbocycles. The molecule has 330 valence electrons. The van der Waals surface area contributed by atoms with Gasteiger partial charge in [0.15, 0.2) is 0 Å². The summed E-state index contributed by atoms with van der Waals surface area (Å²) < 4.78 is 17.7. The fraction of sp³-hybridized carbons (Fsp3) is 0.451. The van der Waals surface area contributed by atoms with Gasteiger partial charge in [0.1, 0.15) is 18.3 Å². The Morgan fingerprint density at radius 2 is 0.867 bits per heavy atom. The van der Waals surface area contributed by atoms with Crippen LogP contribution in [-0.4, -0.2) is 35.5 Å². The van der Waals surface area contributed by atoms with Gasteiger partial charge in [-0.2, -0.15) is 20.2 Å². The van der Waals surface area contributed by atoms with Crippen LogP contribution in [0.2, 0.25) is 0 Å². The minimum atomic E-state index is -1.88. The van der Waals surface area contributed by atoms with E-state index in [1.54, 1.807) is 0 Å². The molecule has 4 aromatic carbocycles. The summed E-state index contributed by atoms with van der Waals surface area (Å²) in [6.07, 6.45) is 2.63. The molecule has 0 amide bonds. The van der Waals surface area contributed by atoms with Crippen LogP contribution in [0.5, 0.6) is 0 Å². The Hall–Kier alpha value is -2.40. The van der Waals surface area contributed by atoms with Crippen molar-refractivity contribution < 1.29 is 27.1 Å². The van der Waals surface area contributed by atoms with E-state index in [0.717, 1.165) is 17.2 Å². The van der Waals surface area contributed by atoms with E-state index in [1.807, 2.05) is 65.8 Å². The Bertz CT molecular complexity index is 1880. The third-order valence-corrected chi connectivity index (χ3v) is 15.2. The van der Waals surface area contributed by atoms with Crippen molar-refractivity contribution in [2.24, 2.45) is 0 Å². The van der Waals surface area contributed by atoms with Crippen molar-refractivity contribution in [3.8, 4) is 0 Å². The van der Waals surface area contributed by atoms with Crippen LogP contribution in [0.4, 0.5) is 11.4 Å². The maximum atomic E-state index is 6.19. The molecule has 1 fully saturated rings. The summed E-state index contributed by atoms with van der Waals surface area (Å²) in [5.74, 6) is 2.06. The summed E-state index contributed by atoms with van der Waals surface area (Å²) in [7, 11) is 10.8. The summed E-state index contributed by atoms with van der Waals surface area (Å²) in [4.78, 5) is 5.01. The Balaban J connectivity index is 0.000000218. The zero-order chi connectivity index (χ0) is 44.3. The number of hydrogen-bond donors (Lipinski definition) is 0. The van der Waals surface area contributed by atoms with Crippen LogP contribution in [0, 0.1) is 6.67 Å². The second kappa shape index (κ2) is 23.9. The summed E-state index contributed by atoms with van der Waals surface area (Å²) in [6, 6.07) is 32.4. The number of halogens is 2. The van der Waals surface area contributed by atoms with Crippen LogP contribution in [0.25, 0.3) is 5.57 Å². The molecule has 5 nitrogen and oxygen atoms in total. The van der Waals surface area contributed by atoms with E-state index < -0.39 is 22.1 Å². The Morgan fingerprint density at radius 3 is 1.22 bits per heavy atom. The van der Waals surface area contributed by atoms with Gasteiger partial charge >= 0.3 is 129 Å². The van der Waals surface area contributed by atoms with Crippen LogP contribution in [0.3, 0.4) is 0 Å². The molecule has 0 radical (unpaired) electrons. The van der Waals surface area contributed by atoms with Gasteiger partial charge in [-0.1, -0.05) is 91.8 Å². The van der Waals surface area contributed by atoms with Gasteiger partial charge < -0.3 is 9.80 Å².